The lowest BCUT2D eigenvalue weighted by atomic mass is 9.88. The van der Waals surface area contributed by atoms with Gasteiger partial charge in [0.15, 0.2) is 0 Å². The number of aliphatic hydroxyl groups excluding tert-OH is 1. The predicted molar refractivity (Wildman–Crippen MR) is 64.2 cm³/mol. The molecule has 0 saturated heterocycles. The molecule has 1 aromatic carbocycles. The number of benzene rings is 1. The lowest BCUT2D eigenvalue weighted by Gasteiger charge is -2.33. The van der Waals surface area contributed by atoms with Crippen LogP contribution in [0.3, 0.4) is 0 Å². The van der Waals surface area contributed by atoms with Gasteiger partial charge in [-0.15, -0.1) is 0 Å². The molecule has 0 fully saturated rings. The Balaban J connectivity index is 3.30. The van der Waals surface area contributed by atoms with Crippen molar-refractivity contribution in [2.45, 2.75) is 38.5 Å². The summed E-state index contributed by atoms with van der Waals surface area (Å²) in [6.45, 7) is 4.81. The zero-order chi connectivity index (χ0) is 14.0. The summed E-state index contributed by atoms with van der Waals surface area (Å²) in [6.07, 6.45) is -4.42. The van der Waals surface area contributed by atoms with Gasteiger partial charge >= 0.3 is 6.18 Å². The van der Waals surface area contributed by atoms with Crippen molar-refractivity contribution in [2.75, 3.05) is 6.61 Å². The van der Waals surface area contributed by atoms with Crippen LogP contribution in [0.15, 0.2) is 24.3 Å². The molecular formula is C13H18F3NO. The van der Waals surface area contributed by atoms with Crippen molar-refractivity contribution in [3.05, 3.63) is 35.4 Å². The lowest BCUT2D eigenvalue weighted by Crippen LogP contribution is -2.47. The van der Waals surface area contributed by atoms with Gasteiger partial charge in [0.1, 0.15) is 0 Å². The Bertz CT molecular complexity index is 403. The number of aliphatic hydroxyl groups is 1. The van der Waals surface area contributed by atoms with Crippen LogP contribution in [0.2, 0.25) is 0 Å². The minimum Gasteiger partial charge on any atom is -0.394 e. The Kier molecular flexibility index (Phi) is 4.40. The van der Waals surface area contributed by atoms with Gasteiger partial charge in [-0.3, -0.25) is 0 Å². The molecule has 0 aliphatic rings. The van der Waals surface area contributed by atoms with Gasteiger partial charge in [0.2, 0.25) is 0 Å². The van der Waals surface area contributed by atoms with E-state index < -0.39 is 23.9 Å². The van der Waals surface area contributed by atoms with Crippen LogP contribution in [0.4, 0.5) is 13.2 Å². The first-order valence-corrected chi connectivity index (χ1v) is 5.76. The highest BCUT2D eigenvalue weighted by molar-refractivity contribution is 5.35. The third-order valence-corrected chi connectivity index (χ3v) is 2.75. The van der Waals surface area contributed by atoms with Crippen molar-refractivity contribution in [2.24, 2.45) is 0 Å². The number of nitrogens with one attached hydrogen (secondary N) is 1. The second-order valence-corrected chi connectivity index (χ2v) is 4.83. The molecule has 1 rings (SSSR count). The third kappa shape index (κ3) is 3.23. The molecule has 0 heterocycles. The van der Waals surface area contributed by atoms with E-state index in [1.54, 1.807) is 13.0 Å². The summed E-state index contributed by atoms with van der Waals surface area (Å²) >= 11 is 0. The van der Waals surface area contributed by atoms with E-state index in [0.29, 0.717) is 0 Å². The SMILES string of the molecule is CC(C)NC(C)(CO)c1ccccc1C(F)(F)F. The summed E-state index contributed by atoms with van der Waals surface area (Å²) in [5.74, 6) is 0. The van der Waals surface area contributed by atoms with Crippen LogP contribution in [0, 0.1) is 0 Å². The monoisotopic (exact) mass is 261 g/mol. The second kappa shape index (κ2) is 5.28. The molecule has 18 heavy (non-hydrogen) atoms. The minimum absolute atomic E-state index is 0.0385. The van der Waals surface area contributed by atoms with E-state index >= 15 is 0 Å². The van der Waals surface area contributed by atoms with Crippen molar-refractivity contribution < 1.29 is 18.3 Å². The van der Waals surface area contributed by atoms with Gasteiger partial charge in [-0.25, -0.2) is 0 Å². The molecule has 0 aliphatic heterocycles. The topological polar surface area (TPSA) is 32.3 Å². The van der Waals surface area contributed by atoms with Gasteiger partial charge in [-0.1, -0.05) is 18.2 Å². The molecule has 1 aromatic rings. The number of hydrogen-bond donors (Lipinski definition) is 2. The van der Waals surface area contributed by atoms with Crippen LogP contribution in [-0.4, -0.2) is 17.8 Å². The molecule has 0 spiro atoms. The highest BCUT2D eigenvalue weighted by atomic mass is 19.4. The van der Waals surface area contributed by atoms with Crippen molar-refractivity contribution in [1.29, 1.82) is 0 Å². The van der Waals surface area contributed by atoms with E-state index in [1.165, 1.54) is 12.1 Å². The molecule has 0 radical (unpaired) electrons. The zero-order valence-electron chi connectivity index (χ0n) is 10.7. The van der Waals surface area contributed by atoms with Crippen LogP contribution in [0.5, 0.6) is 0 Å². The van der Waals surface area contributed by atoms with Crippen molar-refractivity contribution in [1.82, 2.24) is 5.32 Å². The van der Waals surface area contributed by atoms with Crippen molar-refractivity contribution in [3.8, 4) is 0 Å². The average molecular weight is 261 g/mol. The Labute approximate surface area is 105 Å². The molecule has 0 bridgehead atoms. The molecular weight excluding hydrogens is 243 g/mol. The zero-order valence-corrected chi connectivity index (χ0v) is 10.7. The van der Waals surface area contributed by atoms with Gasteiger partial charge in [-0.05, 0) is 32.4 Å². The molecule has 0 aromatic heterocycles. The lowest BCUT2D eigenvalue weighted by molar-refractivity contribution is -0.139. The summed E-state index contributed by atoms with van der Waals surface area (Å²) in [5.41, 5.74) is -1.76. The molecule has 5 heteroatoms. The Morgan fingerprint density at radius 1 is 1.17 bits per heavy atom. The van der Waals surface area contributed by atoms with E-state index in [0.717, 1.165) is 6.07 Å². The van der Waals surface area contributed by atoms with Crippen LogP contribution < -0.4 is 5.32 Å². The fourth-order valence-corrected chi connectivity index (χ4v) is 2.06. The molecule has 0 saturated carbocycles. The molecule has 2 nitrogen and oxygen atoms in total. The van der Waals surface area contributed by atoms with Gasteiger partial charge in [0.05, 0.1) is 17.7 Å². The average Bonchev–Trinajstić information content (AvgIpc) is 2.27. The largest absolute Gasteiger partial charge is 0.416 e. The van der Waals surface area contributed by atoms with Crippen molar-refractivity contribution >= 4 is 0 Å². The van der Waals surface area contributed by atoms with Crippen molar-refractivity contribution in [3.63, 3.8) is 0 Å². The summed E-state index contributed by atoms with van der Waals surface area (Å²) < 4.78 is 38.8. The molecule has 1 unspecified atom stereocenters. The third-order valence-electron chi connectivity index (χ3n) is 2.75. The summed E-state index contributed by atoms with van der Waals surface area (Å²) in [7, 11) is 0. The molecule has 2 N–H and O–H groups in total. The Hall–Kier alpha value is -1.07. The van der Waals surface area contributed by atoms with Crippen LogP contribution in [0.1, 0.15) is 31.9 Å². The maximum atomic E-state index is 12.9. The summed E-state index contributed by atoms with van der Waals surface area (Å²) in [6, 6.07) is 5.28. The minimum atomic E-state index is -4.42. The highest BCUT2D eigenvalue weighted by Gasteiger charge is 2.39. The predicted octanol–water partition coefficient (Wildman–Crippen LogP) is 2.91. The first kappa shape index (κ1) is 15.0. The van der Waals surface area contributed by atoms with Gasteiger partial charge in [-0.2, -0.15) is 13.2 Å². The van der Waals surface area contributed by atoms with Crippen LogP contribution in [-0.2, 0) is 11.7 Å². The second-order valence-electron chi connectivity index (χ2n) is 4.83. The van der Waals surface area contributed by atoms with Gasteiger partial charge in [0, 0.05) is 6.04 Å². The van der Waals surface area contributed by atoms with E-state index in [2.05, 4.69) is 5.32 Å². The maximum Gasteiger partial charge on any atom is 0.416 e. The number of rotatable bonds is 4. The van der Waals surface area contributed by atoms with E-state index in [4.69, 9.17) is 0 Å². The maximum absolute atomic E-state index is 12.9. The summed E-state index contributed by atoms with van der Waals surface area (Å²) in [4.78, 5) is 0. The fraction of sp³-hybridized carbons (Fsp3) is 0.538. The quantitative estimate of drug-likeness (QED) is 0.873. The van der Waals surface area contributed by atoms with Crippen LogP contribution in [0.25, 0.3) is 0 Å². The molecule has 0 amide bonds. The number of halogens is 3. The van der Waals surface area contributed by atoms with Crippen LogP contribution >= 0.6 is 0 Å². The van der Waals surface area contributed by atoms with Gasteiger partial charge in [0.25, 0.3) is 0 Å². The Morgan fingerprint density at radius 2 is 1.67 bits per heavy atom. The van der Waals surface area contributed by atoms with E-state index in [1.807, 2.05) is 13.8 Å². The highest BCUT2D eigenvalue weighted by Crippen LogP contribution is 2.36. The smallest absolute Gasteiger partial charge is 0.394 e. The van der Waals surface area contributed by atoms with E-state index in [-0.39, 0.29) is 11.6 Å². The molecule has 102 valence electrons. The first-order valence-electron chi connectivity index (χ1n) is 5.76. The first-order chi connectivity index (χ1) is 8.20. The molecule has 0 aliphatic carbocycles. The molecule has 1 atom stereocenters. The van der Waals surface area contributed by atoms with Gasteiger partial charge < -0.3 is 10.4 Å². The Morgan fingerprint density at radius 3 is 2.06 bits per heavy atom. The number of alkyl halides is 3. The standard InChI is InChI=1S/C13H18F3NO/c1-9(2)17-12(3,8-18)10-6-4-5-7-11(10)13(14,15)16/h4-7,9,17-18H,8H2,1-3H3. The number of hydrogen-bond acceptors (Lipinski definition) is 2. The van der Waals surface area contributed by atoms with E-state index in [9.17, 15) is 18.3 Å². The summed E-state index contributed by atoms with van der Waals surface area (Å²) in [5, 5.41) is 12.4. The fourth-order valence-electron chi connectivity index (χ4n) is 2.06. The normalized spacial score (nSPS) is 15.8.